The van der Waals surface area contributed by atoms with Gasteiger partial charge in [0, 0.05) is 0 Å². The second-order valence-corrected chi connectivity index (χ2v) is 8.20. The molecule has 152 valence electrons. The second kappa shape index (κ2) is 8.56. The highest BCUT2D eigenvalue weighted by atomic mass is 16.5. The average Bonchev–Trinajstić information content (AvgIpc) is 2.67. The van der Waals surface area contributed by atoms with Crippen molar-refractivity contribution in [3.63, 3.8) is 0 Å². The minimum Gasteiger partial charge on any atom is -0.508 e. The monoisotopic (exact) mass is 392 g/mol. The number of benzene rings is 2. The van der Waals surface area contributed by atoms with Crippen molar-refractivity contribution in [2.45, 2.75) is 45.6 Å². The molecule has 0 aliphatic carbocycles. The van der Waals surface area contributed by atoms with E-state index in [4.69, 9.17) is 4.74 Å². The number of carbonyl (C=O) groups excluding carboxylic acids is 1. The molecule has 2 N–H and O–H groups in total. The first kappa shape index (κ1) is 20.7. The maximum atomic E-state index is 12.6. The Morgan fingerprint density at radius 2 is 1.86 bits per heavy atom. The summed E-state index contributed by atoms with van der Waals surface area (Å²) in [7, 11) is 0. The first-order valence-electron chi connectivity index (χ1n) is 10.0. The summed E-state index contributed by atoms with van der Waals surface area (Å²) in [6.45, 7) is 6.47. The molecule has 1 heterocycles. The number of hydrogen-bond acceptors (Lipinski definition) is 4. The van der Waals surface area contributed by atoms with Gasteiger partial charge in [0.05, 0.1) is 11.1 Å². The number of phenolic OH excluding ortho intramolecular Hbond substituents is 2. The van der Waals surface area contributed by atoms with Crippen LogP contribution in [0.5, 0.6) is 17.2 Å². The number of ketones is 1. The van der Waals surface area contributed by atoms with Gasteiger partial charge >= 0.3 is 0 Å². The van der Waals surface area contributed by atoms with Crippen LogP contribution < -0.4 is 4.74 Å². The summed E-state index contributed by atoms with van der Waals surface area (Å²) < 4.78 is 6.16. The second-order valence-electron chi connectivity index (χ2n) is 8.20. The number of phenols is 2. The van der Waals surface area contributed by atoms with Gasteiger partial charge < -0.3 is 14.9 Å². The van der Waals surface area contributed by atoms with E-state index in [2.05, 4.69) is 13.8 Å². The normalized spacial score (nSPS) is 18.1. The largest absolute Gasteiger partial charge is 0.508 e. The summed E-state index contributed by atoms with van der Waals surface area (Å²) >= 11 is 0. The van der Waals surface area contributed by atoms with Gasteiger partial charge in [-0.1, -0.05) is 38.5 Å². The highest BCUT2D eigenvalue weighted by Crippen LogP contribution is 2.40. The van der Waals surface area contributed by atoms with Crippen LogP contribution in [0.25, 0.3) is 12.2 Å². The van der Waals surface area contributed by atoms with Crippen LogP contribution in [0.2, 0.25) is 0 Å². The highest BCUT2D eigenvalue weighted by molar-refractivity contribution is 6.09. The van der Waals surface area contributed by atoms with Gasteiger partial charge in [-0.3, -0.25) is 4.79 Å². The predicted octanol–water partition coefficient (Wildman–Crippen LogP) is 5.98. The van der Waals surface area contributed by atoms with Crippen LogP contribution in [0.15, 0.2) is 48.6 Å². The van der Waals surface area contributed by atoms with Crippen LogP contribution >= 0.6 is 0 Å². The zero-order valence-corrected chi connectivity index (χ0v) is 17.2. The molecule has 2 aromatic carbocycles. The minimum atomic E-state index is -0.404. The van der Waals surface area contributed by atoms with Crippen molar-refractivity contribution in [1.29, 1.82) is 0 Å². The maximum Gasteiger partial charge on any atom is 0.189 e. The molecular weight excluding hydrogens is 364 g/mol. The van der Waals surface area contributed by atoms with Gasteiger partial charge in [0.1, 0.15) is 22.8 Å². The summed E-state index contributed by atoms with van der Waals surface area (Å²) in [5.74, 6) is 1.06. The van der Waals surface area contributed by atoms with E-state index in [9.17, 15) is 15.0 Å². The lowest BCUT2D eigenvalue weighted by Gasteiger charge is -2.32. The summed E-state index contributed by atoms with van der Waals surface area (Å²) in [5, 5.41) is 20.0. The van der Waals surface area contributed by atoms with Crippen molar-refractivity contribution >= 4 is 17.9 Å². The molecule has 0 fully saturated rings. The fourth-order valence-electron chi connectivity index (χ4n) is 3.43. The Bertz CT molecular complexity index is 938. The summed E-state index contributed by atoms with van der Waals surface area (Å²) in [5.41, 5.74) is 1.15. The molecule has 2 aromatic rings. The van der Waals surface area contributed by atoms with Crippen molar-refractivity contribution in [3.8, 4) is 17.2 Å². The van der Waals surface area contributed by atoms with E-state index in [1.807, 2.05) is 19.1 Å². The molecule has 0 aromatic heterocycles. The van der Waals surface area contributed by atoms with Gasteiger partial charge in [-0.15, -0.1) is 0 Å². The molecule has 1 aliphatic heterocycles. The number of fused-ring (bicyclic) bond motifs is 1. The van der Waals surface area contributed by atoms with Crippen LogP contribution in [0.4, 0.5) is 0 Å². The zero-order chi connectivity index (χ0) is 21.0. The van der Waals surface area contributed by atoms with Crippen LogP contribution in [0.3, 0.4) is 0 Å². The van der Waals surface area contributed by atoms with Crippen molar-refractivity contribution in [2.24, 2.45) is 5.92 Å². The number of hydrogen-bond donors (Lipinski definition) is 2. The molecule has 1 atom stereocenters. The molecule has 1 unspecified atom stereocenters. The average molecular weight is 392 g/mol. The highest BCUT2D eigenvalue weighted by Gasteiger charge is 2.29. The Morgan fingerprint density at radius 1 is 1.14 bits per heavy atom. The SMILES string of the molecule is CC(C)CCCC1(C)C=Cc2c(ccc(C(=O)/C=C/c3ccc(O)cc3)c2O)O1. The third-order valence-corrected chi connectivity index (χ3v) is 5.16. The molecule has 1 aliphatic rings. The Balaban J connectivity index is 1.75. The molecule has 0 saturated heterocycles. The molecule has 0 saturated carbocycles. The Morgan fingerprint density at radius 3 is 2.55 bits per heavy atom. The van der Waals surface area contributed by atoms with E-state index in [-0.39, 0.29) is 22.8 Å². The molecular formula is C25H28O4. The standard InChI is InChI=1S/C25H28O4/c1-17(2)5-4-15-25(3)16-14-21-23(29-25)13-11-20(24(21)28)22(27)12-8-18-6-9-19(26)10-7-18/h6-14,16-17,26,28H,4-5,15H2,1-3H3/b12-8+. The van der Waals surface area contributed by atoms with E-state index in [0.717, 1.165) is 24.8 Å². The summed E-state index contributed by atoms with van der Waals surface area (Å²) in [6, 6.07) is 9.89. The molecule has 0 radical (unpaired) electrons. The first-order chi connectivity index (χ1) is 13.8. The first-order valence-corrected chi connectivity index (χ1v) is 10.0. The lowest BCUT2D eigenvalue weighted by atomic mass is 9.91. The maximum absolute atomic E-state index is 12.6. The van der Waals surface area contributed by atoms with Gasteiger partial charge in [0.2, 0.25) is 0 Å². The molecule has 4 heteroatoms. The van der Waals surface area contributed by atoms with Gasteiger partial charge in [-0.2, -0.15) is 0 Å². The Kier molecular flexibility index (Phi) is 6.12. The minimum absolute atomic E-state index is 0.0664. The number of rotatable bonds is 7. The third kappa shape index (κ3) is 5.08. The number of ether oxygens (including phenoxy) is 1. The fourth-order valence-corrected chi connectivity index (χ4v) is 3.43. The Hall–Kier alpha value is -3.01. The van der Waals surface area contributed by atoms with Crippen molar-refractivity contribution in [3.05, 3.63) is 65.2 Å². The number of carbonyl (C=O) groups is 1. The van der Waals surface area contributed by atoms with E-state index >= 15 is 0 Å². The lowest BCUT2D eigenvalue weighted by Crippen LogP contribution is -2.32. The van der Waals surface area contributed by atoms with E-state index in [1.54, 1.807) is 42.5 Å². The molecule has 29 heavy (non-hydrogen) atoms. The molecule has 0 amide bonds. The van der Waals surface area contributed by atoms with Crippen LogP contribution in [0, 0.1) is 5.92 Å². The lowest BCUT2D eigenvalue weighted by molar-refractivity contribution is 0.104. The van der Waals surface area contributed by atoms with Crippen molar-refractivity contribution in [1.82, 2.24) is 0 Å². The fraction of sp³-hybridized carbons (Fsp3) is 0.320. The summed E-state index contributed by atoms with van der Waals surface area (Å²) in [4.78, 5) is 12.6. The van der Waals surface area contributed by atoms with Crippen molar-refractivity contribution < 1.29 is 19.7 Å². The molecule has 4 nitrogen and oxygen atoms in total. The topological polar surface area (TPSA) is 66.8 Å². The molecule has 0 spiro atoms. The van der Waals surface area contributed by atoms with E-state index in [1.165, 1.54) is 6.08 Å². The number of aromatic hydroxyl groups is 2. The summed E-state index contributed by atoms with van der Waals surface area (Å²) in [6.07, 6.45) is 10.00. The smallest absolute Gasteiger partial charge is 0.189 e. The van der Waals surface area contributed by atoms with Crippen LogP contribution in [-0.2, 0) is 0 Å². The predicted molar refractivity (Wildman–Crippen MR) is 116 cm³/mol. The van der Waals surface area contributed by atoms with E-state index < -0.39 is 5.60 Å². The van der Waals surface area contributed by atoms with E-state index in [0.29, 0.717) is 17.2 Å². The van der Waals surface area contributed by atoms with Gasteiger partial charge in [-0.05, 0) is 73.7 Å². The van der Waals surface area contributed by atoms with Crippen LogP contribution in [0.1, 0.15) is 61.5 Å². The van der Waals surface area contributed by atoms with Gasteiger partial charge in [-0.25, -0.2) is 0 Å². The Labute approximate surface area is 172 Å². The molecule has 0 bridgehead atoms. The number of allylic oxidation sites excluding steroid dienone is 1. The zero-order valence-electron chi connectivity index (χ0n) is 17.2. The van der Waals surface area contributed by atoms with Crippen LogP contribution in [-0.4, -0.2) is 21.6 Å². The van der Waals surface area contributed by atoms with Gasteiger partial charge in [0.15, 0.2) is 5.78 Å². The third-order valence-electron chi connectivity index (χ3n) is 5.16. The van der Waals surface area contributed by atoms with Crippen molar-refractivity contribution in [2.75, 3.05) is 0 Å². The molecule has 3 rings (SSSR count). The quantitative estimate of drug-likeness (QED) is 0.449. The van der Waals surface area contributed by atoms with Gasteiger partial charge in [0.25, 0.3) is 0 Å².